The van der Waals surface area contributed by atoms with Crippen LogP contribution in [0.1, 0.15) is 88.2 Å². The van der Waals surface area contributed by atoms with Gasteiger partial charge < -0.3 is 11.5 Å². The van der Waals surface area contributed by atoms with E-state index in [1.807, 2.05) is 0 Å². The van der Waals surface area contributed by atoms with Gasteiger partial charge in [0.05, 0.1) is 0 Å². The van der Waals surface area contributed by atoms with Crippen molar-refractivity contribution in [2.75, 3.05) is 39.3 Å². The first-order chi connectivity index (χ1) is 17.8. The smallest absolute Gasteiger partial charge is 0.0233 e. The fourth-order valence-electron chi connectivity index (χ4n) is 4.91. The molecule has 36 heavy (non-hydrogen) atoms. The number of nitrogens with two attached hydrogens (primary N) is 2. The minimum absolute atomic E-state index is 0.824. The van der Waals surface area contributed by atoms with Crippen LogP contribution in [0.5, 0.6) is 0 Å². The van der Waals surface area contributed by atoms with Crippen molar-refractivity contribution in [2.45, 2.75) is 90.1 Å². The van der Waals surface area contributed by atoms with Gasteiger partial charge in [0.15, 0.2) is 0 Å². The molecule has 202 valence electrons. The van der Waals surface area contributed by atoms with E-state index >= 15 is 0 Å². The lowest BCUT2D eigenvalue weighted by atomic mass is 10.1. The zero-order valence-electron chi connectivity index (χ0n) is 23.0. The minimum atomic E-state index is 0.824. The number of hydrogen-bond donors (Lipinski definition) is 2. The van der Waals surface area contributed by atoms with Crippen LogP contribution in [-0.4, -0.2) is 49.1 Å². The highest BCUT2D eigenvalue weighted by molar-refractivity contribution is 5.15. The van der Waals surface area contributed by atoms with E-state index in [0.29, 0.717) is 0 Å². The lowest BCUT2D eigenvalue weighted by molar-refractivity contribution is 0.242. The summed E-state index contributed by atoms with van der Waals surface area (Å²) < 4.78 is 0. The van der Waals surface area contributed by atoms with Crippen molar-refractivity contribution < 1.29 is 0 Å². The molecule has 0 bridgehead atoms. The fourth-order valence-corrected chi connectivity index (χ4v) is 4.91. The Labute approximate surface area is 222 Å². The zero-order chi connectivity index (χ0) is 25.5. The maximum absolute atomic E-state index is 5.66. The molecule has 0 saturated heterocycles. The van der Waals surface area contributed by atoms with E-state index in [1.165, 1.54) is 102 Å². The molecule has 0 aliphatic rings. The first kappa shape index (κ1) is 30.5. The number of unbranched alkanes of at least 4 members (excludes halogenated alkanes) is 9. The summed E-state index contributed by atoms with van der Waals surface area (Å²) in [5, 5.41) is 0. The minimum Gasteiger partial charge on any atom is -0.330 e. The van der Waals surface area contributed by atoms with Crippen LogP contribution in [0.2, 0.25) is 0 Å². The molecule has 2 aromatic rings. The maximum Gasteiger partial charge on any atom is 0.0233 e. The summed E-state index contributed by atoms with van der Waals surface area (Å²) >= 11 is 0. The predicted octanol–water partition coefficient (Wildman–Crippen LogP) is 6.59. The van der Waals surface area contributed by atoms with Crippen LogP contribution in [0.15, 0.2) is 60.7 Å². The van der Waals surface area contributed by atoms with Gasteiger partial charge in [-0.05, 0) is 88.9 Å². The topological polar surface area (TPSA) is 58.5 Å². The Morgan fingerprint density at radius 3 is 1.00 bits per heavy atom. The summed E-state index contributed by atoms with van der Waals surface area (Å²) in [4.78, 5) is 5.33. The Hall–Kier alpha value is -1.72. The maximum atomic E-state index is 5.66. The molecule has 0 unspecified atom stereocenters. The Balaban J connectivity index is 1.69. The third-order valence-electron chi connectivity index (χ3n) is 7.05. The van der Waals surface area contributed by atoms with Crippen LogP contribution in [0.3, 0.4) is 0 Å². The summed E-state index contributed by atoms with van der Waals surface area (Å²) in [7, 11) is 0. The van der Waals surface area contributed by atoms with Gasteiger partial charge >= 0.3 is 0 Å². The SMILES string of the molecule is NCCCCCCN(CCCCCCN(CCCCCCN)Cc1ccccc1)Cc1ccccc1. The van der Waals surface area contributed by atoms with Gasteiger partial charge in [-0.25, -0.2) is 0 Å². The molecule has 0 saturated carbocycles. The summed E-state index contributed by atoms with van der Waals surface area (Å²) in [5.74, 6) is 0. The van der Waals surface area contributed by atoms with Crippen molar-refractivity contribution in [1.82, 2.24) is 9.80 Å². The van der Waals surface area contributed by atoms with E-state index in [9.17, 15) is 0 Å². The second kappa shape index (κ2) is 21.4. The van der Waals surface area contributed by atoms with Gasteiger partial charge in [-0.2, -0.15) is 0 Å². The van der Waals surface area contributed by atoms with E-state index < -0.39 is 0 Å². The summed E-state index contributed by atoms with van der Waals surface area (Å²) in [6.45, 7) is 8.62. The van der Waals surface area contributed by atoms with E-state index in [1.54, 1.807) is 0 Å². The molecule has 0 fully saturated rings. The molecule has 2 rings (SSSR count). The molecule has 0 heterocycles. The molecule has 4 N–H and O–H groups in total. The summed E-state index contributed by atoms with van der Waals surface area (Å²) in [5.41, 5.74) is 14.2. The molecule has 0 spiro atoms. The van der Waals surface area contributed by atoms with Gasteiger partial charge in [0, 0.05) is 13.1 Å². The summed E-state index contributed by atoms with van der Waals surface area (Å²) in [6, 6.07) is 21.9. The van der Waals surface area contributed by atoms with Crippen LogP contribution < -0.4 is 11.5 Å². The number of nitrogens with zero attached hydrogens (tertiary/aromatic N) is 2. The second-order valence-corrected chi connectivity index (χ2v) is 10.3. The van der Waals surface area contributed by atoms with Gasteiger partial charge in [-0.1, -0.05) is 99.2 Å². The van der Waals surface area contributed by atoms with Gasteiger partial charge in [-0.3, -0.25) is 9.80 Å². The van der Waals surface area contributed by atoms with Crippen LogP contribution in [0.25, 0.3) is 0 Å². The van der Waals surface area contributed by atoms with Crippen molar-refractivity contribution >= 4 is 0 Å². The van der Waals surface area contributed by atoms with E-state index in [0.717, 1.165) is 39.0 Å². The molecular weight excluding hydrogens is 440 g/mol. The molecule has 4 nitrogen and oxygen atoms in total. The van der Waals surface area contributed by atoms with Gasteiger partial charge in [0.25, 0.3) is 0 Å². The molecule has 0 atom stereocenters. The molecular formula is C32H54N4. The molecule has 0 aliphatic heterocycles. The molecule has 0 aromatic heterocycles. The lowest BCUT2D eigenvalue weighted by Crippen LogP contribution is -2.26. The Morgan fingerprint density at radius 2 is 0.694 bits per heavy atom. The molecule has 0 amide bonds. The highest BCUT2D eigenvalue weighted by atomic mass is 15.1. The molecule has 4 heteroatoms. The molecule has 0 aliphatic carbocycles. The first-order valence-electron chi connectivity index (χ1n) is 14.7. The van der Waals surface area contributed by atoms with Crippen LogP contribution in [-0.2, 0) is 13.1 Å². The Bertz CT molecular complexity index is 658. The molecule has 2 aromatic carbocycles. The third kappa shape index (κ3) is 15.4. The average Bonchev–Trinajstić information content (AvgIpc) is 2.91. The Kier molecular flexibility index (Phi) is 18.1. The predicted molar refractivity (Wildman–Crippen MR) is 157 cm³/mol. The Morgan fingerprint density at radius 1 is 0.389 bits per heavy atom. The van der Waals surface area contributed by atoms with Crippen molar-refractivity contribution in [3.8, 4) is 0 Å². The number of benzene rings is 2. The highest BCUT2D eigenvalue weighted by Gasteiger charge is 2.08. The van der Waals surface area contributed by atoms with E-state index in [2.05, 4.69) is 70.5 Å². The van der Waals surface area contributed by atoms with Crippen molar-refractivity contribution in [2.24, 2.45) is 11.5 Å². The van der Waals surface area contributed by atoms with Crippen molar-refractivity contribution in [1.29, 1.82) is 0 Å². The monoisotopic (exact) mass is 494 g/mol. The zero-order valence-corrected chi connectivity index (χ0v) is 23.0. The number of hydrogen-bond acceptors (Lipinski definition) is 4. The van der Waals surface area contributed by atoms with E-state index in [-0.39, 0.29) is 0 Å². The van der Waals surface area contributed by atoms with Crippen LogP contribution in [0.4, 0.5) is 0 Å². The quantitative estimate of drug-likeness (QED) is 0.171. The van der Waals surface area contributed by atoms with Crippen molar-refractivity contribution in [3.05, 3.63) is 71.8 Å². The normalized spacial score (nSPS) is 11.6. The first-order valence-corrected chi connectivity index (χ1v) is 14.7. The van der Waals surface area contributed by atoms with Gasteiger partial charge in [-0.15, -0.1) is 0 Å². The standard InChI is InChI=1S/C32H54N4/c33-23-13-1-3-15-25-35(29-31-19-9-7-10-20-31)27-17-5-6-18-28-36(26-16-4-2-14-24-34)30-32-21-11-8-12-22-32/h7-12,19-22H,1-6,13-18,23-30,33-34H2. The van der Waals surface area contributed by atoms with E-state index in [4.69, 9.17) is 11.5 Å². The lowest BCUT2D eigenvalue weighted by Gasteiger charge is -2.24. The molecule has 0 radical (unpaired) electrons. The van der Waals surface area contributed by atoms with Crippen LogP contribution in [0, 0.1) is 0 Å². The van der Waals surface area contributed by atoms with Crippen molar-refractivity contribution in [3.63, 3.8) is 0 Å². The third-order valence-corrected chi connectivity index (χ3v) is 7.05. The average molecular weight is 495 g/mol. The second-order valence-electron chi connectivity index (χ2n) is 10.3. The largest absolute Gasteiger partial charge is 0.330 e. The number of rotatable bonds is 23. The fraction of sp³-hybridized carbons (Fsp3) is 0.625. The van der Waals surface area contributed by atoms with Gasteiger partial charge in [0.1, 0.15) is 0 Å². The summed E-state index contributed by atoms with van der Waals surface area (Å²) in [6.07, 6.45) is 15.3. The van der Waals surface area contributed by atoms with Crippen LogP contribution >= 0.6 is 0 Å². The highest BCUT2D eigenvalue weighted by Crippen LogP contribution is 2.12. The van der Waals surface area contributed by atoms with Gasteiger partial charge in [0.2, 0.25) is 0 Å².